The zero-order chi connectivity index (χ0) is 17.1. The molecule has 0 fully saturated rings. The molecule has 6 nitrogen and oxygen atoms in total. The van der Waals surface area contributed by atoms with Crippen LogP contribution in [0.4, 0.5) is 5.82 Å². The Kier molecular flexibility index (Phi) is 3.81. The molecule has 0 radical (unpaired) electrons. The van der Waals surface area contributed by atoms with Crippen LogP contribution in [0.15, 0.2) is 61.1 Å². The molecule has 0 aliphatic carbocycles. The maximum Gasteiger partial charge on any atom is 0.140 e. The van der Waals surface area contributed by atoms with E-state index in [9.17, 15) is 0 Å². The van der Waals surface area contributed by atoms with Crippen LogP contribution in [0.3, 0.4) is 0 Å². The van der Waals surface area contributed by atoms with Crippen LogP contribution in [0, 0.1) is 11.3 Å². The van der Waals surface area contributed by atoms with Gasteiger partial charge in [0.1, 0.15) is 17.5 Å². The van der Waals surface area contributed by atoms with Crippen molar-refractivity contribution in [1.82, 2.24) is 19.9 Å². The van der Waals surface area contributed by atoms with E-state index in [0.29, 0.717) is 12.1 Å². The van der Waals surface area contributed by atoms with Crippen molar-refractivity contribution in [2.45, 2.75) is 6.54 Å². The minimum Gasteiger partial charge on any atom is -0.364 e. The average Bonchev–Trinajstić information content (AvgIpc) is 3.15. The highest BCUT2D eigenvalue weighted by molar-refractivity contribution is 5.93. The second kappa shape index (κ2) is 6.42. The molecule has 2 N–H and O–H groups in total. The number of aromatic amines is 1. The fourth-order valence-corrected chi connectivity index (χ4v) is 2.64. The van der Waals surface area contributed by atoms with Crippen LogP contribution >= 0.6 is 0 Å². The molecule has 25 heavy (non-hydrogen) atoms. The minimum absolute atomic E-state index is 0.539. The molecule has 120 valence electrons. The average molecular weight is 326 g/mol. The van der Waals surface area contributed by atoms with Gasteiger partial charge in [-0.25, -0.2) is 4.98 Å². The lowest BCUT2D eigenvalue weighted by Gasteiger charge is -2.09. The number of H-pyrrole nitrogens is 1. The number of hydrogen-bond donors (Lipinski definition) is 2. The van der Waals surface area contributed by atoms with E-state index in [1.54, 1.807) is 18.5 Å². The van der Waals surface area contributed by atoms with Crippen molar-refractivity contribution in [3.63, 3.8) is 0 Å². The van der Waals surface area contributed by atoms with E-state index in [0.717, 1.165) is 33.8 Å². The summed E-state index contributed by atoms with van der Waals surface area (Å²) in [5.74, 6) is 0.738. The number of anilines is 1. The maximum absolute atomic E-state index is 8.94. The number of aromatic nitrogens is 4. The van der Waals surface area contributed by atoms with Gasteiger partial charge in [-0.2, -0.15) is 5.26 Å². The normalized spacial score (nSPS) is 10.5. The van der Waals surface area contributed by atoms with Crippen LogP contribution in [0.2, 0.25) is 0 Å². The SMILES string of the molecule is N#Cc1ccc(-c2cc(NCc3ccccn3)nc3[nH]ccc23)nc1. The van der Waals surface area contributed by atoms with Crippen LogP contribution in [0.1, 0.15) is 11.3 Å². The van der Waals surface area contributed by atoms with Gasteiger partial charge in [-0.3, -0.25) is 9.97 Å². The van der Waals surface area contributed by atoms with Crippen molar-refractivity contribution in [2.24, 2.45) is 0 Å². The number of fused-ring (bicyclic) bond motifs is 1. The third-order valence-electron chi connectivity index (χ3n) is 3.87. The zero-order valence-corrected chi connectivity index (χ0v) is 13.3. The summed E-state index contributed by atoms with van der Waals surface area (Å²) < 4.78 is 0. The Hall–Kier alpha value is -3.72. The Labute approximate surface area is 144 Å². The first kappa shape index (κ1) is 14.8. The number of pyridine rings is 3. The highest BCUT2D eigenvalue weighted by Gasteiger charge is 2.10. The third kappa shape index (κ3) is 3.03. The zero-order valence-electron chi connectivity index (χ0n) is 13.3. The summed E-state index contributed by atoms with van der Waals surface area (Å²) >= 11 is 0. The highest BCUT2D eigenvalue weighted by Crippen LogP contribution is 2.28. The predicted octanol–water partition coefficient (Wildman–Crippen LogP) is 3.50. The molecular formula is C19H14N6. The lowest BCUT2D eigenvalue weighted by atomic mass is 10.1. The number of hydrogen-bond acceptors (Lipinski definition) is 5. The van der Waals surface area contributed by atoms with Gasteiger partial charge in [0.05, 0.1) is 23.5 Å². The molecule has 4 heterocycles. The molecule has 0 unspecified atom stereocenters. The molecule has 4 aromatic rings. The van der Waals surface area contributed by atoms with Gasteiger partial charge in [0.15, 0.2) is 0 Å². The quantitative estimate of drug-likeness (QED) is 0.599. The molecule has 0 amide bonds. The number of nitrogens with zero attached hydrogens (tertiary/aromatic N) is 4. The van der Waals surface area contributed by atoms with Gasteiger partial charge < -0.3 is 10.3 Å². The van der Waals surface area contributed by atoms with Crippen molar-refractivity contribution in [2.75, 3.05) is 5.32 Å². The van der Waals surface area contributed by atoms with Gasteiger partial charge in [-0.1, -0.05) is 6.07 Å². The van der Waals surface area contributed by atoms with E-state index in [2.05, 4.69) is 31.3 Å². The Morgan fingerprint density at radius 3 is 2.84 bits per heavy atom. The van der Waals surface area contributed by atoms with E-state index < -0.39 is 0 Å². The molecule has 4 rings (SSSR count). The van der Waals surface area contributed by atoms with Crippen LogP contribution in [0.5, 0.6) is 0 Å². The first-order chi connectivity index (χ1) is 12.3. The molecule has 4 aromatic heterocycles. The Bertz CT molecular complexity index is 1040. The van der Waals surface area contributed by atoms with Gasteiger partial charge >= 0.3 is 0 Å². The van der Waals surface area contributed by atoms with Gasteiger partial charge in [-0.15, -0.1) is 0 Å². The summed E-state index contributed by atoms with van der Waals surface area (Å²) in [7, 11) is 0. The standard InChI is InChI=1S/C19H14N6/c20-10-13-4-5-17(23-11-13)16-9-18(25-19-15(16)6-8-22-19)24-12-14-3-1-2-7-21-14/h1-9,11H,12H2,(H2,22,24,25). The molecular weight excluding hydrogens is 312 g/mol. The van der Waals surface area contributed by atoms with Crippen molar-refractivity contribution in [1.29, 1.82) is 5.26 Å². The largest absolute Gasteiger partial charge is 0.364 e. The smallest absolute Gasteiger partial charge is 0.140 e. The highest BCUT2D eigenvalue weighted by atomic mass is 15.0. The number of nitrogens with one attached hydrogen (secondary N) is 2. The predicted molar refractivity (Wildman–Crippen MR) is 95.6 cm³/mol. The first-order valence-corrected chi connectivity index (χ1v) is 7.82. The summed E-state index contributed by atoms with van der Waals surface area (Å²) in [6.07, 6.45) is 5.20. The monoisotopic (exact) mass is 326 g/mol. The van der Waals surface area contributed by atoms with Crippen LogP contribution in [-0.2, 0) is 6.54 Å². The van der Waals surface area contributed by atoms with Crippen molar-refractivity contribution < 1.29 is 0 Å². The summed E-state index contributed by atoms with van der Waals surface area (Å²) in [6, 6.07) is 15.4. The van der Waals surface area contributed by atoms with Crippen molar-refractivity contribution >= 4 is 16.9 Å². The molecule has 0 atom stereocenters. The van der Waals surface area contributed by atoms with E-state index >= 15 is 0 Å². The van der Waals surface area contributed by atoms with Crippen molar-refractivity contribution in [3.05, 3.63) is 72.3 Å². The Balaban J connectivity index is 1.70. The van der Waals surface area contributed by atoms with Crippen molar-refractivity contribution in [3.8, 4) is 17.3 Å². The third-order valence-corrected chi connectivity index (χ3v) is 3.87. The fraction of sp³-hybridized carbons (Fsp3) is 0.0526. The maximum atomic E-state index is 8.94. The summed E-state index contributed by atoms with van der Waals surface area (Å²) in [5, 5.41) is 13.2. The fourth-order valence-electron chi connectivity index (χ4n) is 2.64. The Morgan fingerprint density at radius 1 is 1.12 bits per heavy atom. The summed E-state index contributed by atoms with van der Waals surface area (Å²) in [4.78, 5) is 16.4. The van der Waals surface area contributed by atoms with E-state index in [1.165, 1.54) is 0 Å². The van der Waals surface area contributed by atoms with Gasteiger partial charge in [0, 0.05) is 29.5 Å². The summed E-state index contributed by atoms with van der Waals surface area (Å²) in [5.41, 5.74) is 4.02. The molecule has 6 heteroatoms. The first-order valence-electron chi connectivity index (χ1n) is 7.82. The molecule has 0 aromatic carbocycles. The second-order valence-electron chi connectivity index (χ2n) is 5.51. The minimum atomic E-state index is 0.539. The molecule has 0 aliphatic heterocycles. The van der Waals surface area contributed by atoms with E-state index in [-0.39, 0.29) is 0 Å². The topological polar surface area (TPSA) is 90.3 Å². The van der Waals surface area contributed by atoms with Crippen LogP contribution in [0.25, 0.3) is 22.3 Å². The van der Waals surface area contributed by atoms with Gasteiger partial charge in [0.25, 0.3) is 0 Å². The molecule has 0 saturated heterocycles. The lowest BCUT2D eigenvalue weighted by Crippen LogP contribution is -2.03. The van der Waals surface area contributed by atoms with E-state index in [4.69, 9.17) is 5.26 Å². The van der Waals surface area contributed by atoms with Gasteiger partial charge in [-0.05, 0) is 36.4 Å². The summed E-state index contributed by atoms with van der Waals surface area (Å²) in [6.45, 7) is 0.584. The lowest BCUT2D eigenvalue weighted by molar-refractivity contribution is 1.03. The van der Waals surface area contributed by atoms with Crippen LogP contribution in [-0.4, -0.2) is 19.9 Å². The number of rotatable bonds is 4. The molecule has 0 aliphatic rings. The molecule has 0 saturated carbocycles. The van der Waals surface area contributed by atoms with Gasteiger partial charge in [0.2, 0.25) is 0 Å². The second-order valence-corrected chi connectivity index (χ2v) is 5.51. The molecule has 0 spiro atoms. The van der Waals surface area contributed by atoms with E-state index in [1.807, 2.05) is 42.6 Å². The Morgan fingerprint density at radius 2 is 2.08 bits per heavy atom. The van der Waals surface area contributed by atoms with Crippen LogP contribution < -0.4 is 5.32 Å². The molecule has 0 bridgehead atoms. The number of nitriles is 1.